The smallest absolute Gasteiger partial charge is 0.229 e. The highest BCUT2D eigenvalue weighted by Crippen LogP contribution is 2.18. The Morgan fingerprint density at radius 1 is 1.27 bits per heavy atom. The van der Waals surface area contributed by atoms with Crippen molar-refractivity contribution >= 4 is 40.8 Å². The number of aliphatic hydroxyl groups is 1. The molecule has 7 nitrogen and oxygen atoms in total. The van der Waals surface area contributed by atoms with Gasteiger partial charge in [-0.05, 0) is 41.5 Å². The lowest BCUT2D eigenvalue weighted by molar-refractivity contribution is -0.115. The number of anilines is 1. The van der Waals surface area contributed by atoms with E-state index in [1.807, 2.05) is 30.5 Å². The van der Waals surface area contributed by atoms with E-state index in [1.54, 1.807) is 17.1 Å². The minimum atomic E-state index is -0.132. The number of nitrogens with one attached hydrogen (secondary N) is 1. The number of thiocarbonyl (C=S) groups is 1. The van der Waals surface area contributed by atoms with Crippen LogP contribution in [-0.4, -0.2) is 42.7 Å². The molecule has 0 saturated heterocycles. The quantitative estimate of drug-likeness (QED) is 0.468. The Morgan fingerprint density at radius 2 is 2.13 bits per heavy atom. The number of aromatic nitrogens is 4. The number of halogens is 1. The van der Waals surface area contributed by atoms with E-state index in [9.17, 15) is 4.79 Å². The number of carbonyl (C=O) groups excluding carboxylic acids is 1. The average Bonchev–Trinajstić information content (AvgIpc) is 3.16. The number of aryl methyl sites for hydroxylation is 2. The summed E-state index contributed by atoms with van der Waals surface area (Å²) in [6.07, 6.45) is 7.36. The highest BCUT2D eigenvalue weighted by Gasteiger charge is 2.09. The molecule has 3 aromatic rings. The molecule has 0 unspecified atom stereocenters. The van der Waals surface area contributed by atoms with Crippen LogP contribution in [0.5, 0.6) is 0 Å². The van der Waals surface area contributed by atoms with E-state index in [2.05, 4.69) is 20.4 Å². The third kappa shape index (κ3) is 6.41. The molecule has 2 aromatic heterocycles. The molecular formula is C21H22ClN5O2S. The summed E-state index contributed by atoms with van der Waals surface area (Å²) >= 11 is 11.0. The summed E-state index contributed by atoms with van der Waals surface area (Å²) in [5, 5.41) is 18.0. The molecule has 30 heavy (non-hydrogen) atoms. The van der Waals surface area contributed by atoms with E-state index in [1.165, 1.54) is 5.37 Å². The van der Waals surface area contributed by atoms with Crippen LogP contribution in [-0.2, 0) is 30.6 Å². The number of aliphatic hydroxyl groups excluding tert-OH is 1. The van der Waals surface area contributed by atoms with Gasteiger partial charge in [0.2, 0.25) is 5.91 Å². The maximum absolute atomic E-state index is 11.7. The summed E-state index contributed by atoms with van der Waals surface area (Å²) < 4.78 is 1.69. The van der Waals surface area contributed by atoms with E-state index in [4.69, 9.17) is 28.9 Å². The molecule has 1 amide bonds. The second-order valence-electron chi connectivity index (χ2n) is 6.71. The molecule has 0 spiro atoms. The number of amides is 1. The van der Waals surface area contributed by atoms with Crippen LogP contribution in [0, 0.1) is 0 Å². The van der Waals surface area contributed by atoms with Crippen LogP contribution in [0.1, 0.15) is 29.1 Å². The Morgan fingerprint density at radius 3 is 2.93 bits per heavy atom. The largest absolute Gasteiger partial charge is 0.394 e. The second-order valence-corrected chi connectivity index (χ2v) is 7.45. The van der Waals surface area contributed by atoms with E-state index >= 15 is 0 Å². The Balaban J connectivity index is 1.64. The zero-order valence-electron chi connectivity index (χ0n) is 16.3. The highest BCUT2D eigenvalue weighted by atomic mass is 35.5. The van der Waals surface area contributed by atoms with Crippen molar-refractivity contribution in [1.82, 2.24) is 19.7 Å². The van der Waals surface area contributed by atoms with Crippen molar-refractivity contribution in [1.29, 1.82) is 0 Å². The number of rotatable bonds is 10. The molecule has 0 saturated carbocycles. The van der Waals surface area contributed by atoms with Crippen LogP contribution >= 0.6 is 23.8 Å². The fourth-order valence-electron chi connectivity index (χ4n) is 2.96. The molecule has 0 atom stereocenters. The van der Waals surface area contributed by atoms with Gasteiger partial charge < -0.3 is 10.4 Å². The van der Waals surface area contributed by atoms with E-state index in [-0.39, 0.29) is 18.9 Å². The lowest BCUT2D eigenvalue weighted by Crippen LogP contribution is -2.11. The van der Waals surface area contributed by atoms with Gasteiger partial charge in [-0.25, -0.2) is 9.97 Å². The van der Waals surface area contributed by atoms with Crippen molar-refractivity contribution in [3.8, 4) is 0 Å². The molecule has 0 bridgehead atoms. The van der Waals surface area contributed by atoms with Crippen molar-refractivity contribution in [3.05, 3.63) is 70.5 Å². The van der Waals surface area contributed by atoms with Crippen molar-refractivity contribution < 1.29 is 9.90 Å². The molecule has 2 heterocycles. The minimum Gasteiger partial charge on any atom is -0.394 e. The summed E-state index contributed by atoms with van der Waals surface area (Å²) in [5.41, 5.74) is 3.55. The van der Waals surface area contributed by atoms with Gasteiger partial charge >= 0.3 is 0 Å². The van der Waals surface area contributed by atoms with Gasteiger partial charge in [0.25, 0.3) is 0 Å². The van der Waals surface area contributed by atoms with Gasteiger partial charge in [0.05, 0.1) is 36.5 Å². The number of carbonyl (C=O) groups is 1. The van der Waals surface area contributed by atoms with Crippen molar-refractivity contribution in [2.45, 2.75) is 32.2 Å². The van der Waals surface area contributed by atoms with Gasteiger partial charge in [0, 0.05) is 24.5 Å². The molecule has 0 aliphatic rings. The first kappa shape index (κ1) is 22.0. The first-order valence-corrected chi connectivity index (χ1v) is 10.4. The minimum absolute atomic E-state index is 0.0417. The van der Waals surface area contributed by atoms with Gasteiger partial charge in [-0.15, -0.1) is 0 Å². The van der Waals surface area contributed by atoms with E-state index < -0.39 is 0 Å². The zero-order chi connectivity index (χ0) is 21.3. The molecule has 9 heteroatoms. The molecule has 0 fully saturated rings. The third-order valence-corrected chi connectivity index (χ3v) is 4.86. The van der Waals surface area contributed by atoms with Crippen molar-refractivity contribution in [2.75, 3.05) is 11.9 Å². The van der Waals surface area contributed by atoms with Crippen LogP contribution < -0.4 is 5.32 Å². The lowest BCUT2D eigenvalue weighted by atomic mass is 10.1. The van der Waals surface area contributed by atoms with Crippen LogP contribution in [0.25, 0.3) is 0 Å². The first-order chi connectivity index (χ1) is 14.6. The van der Waals surface area contributed by atoms with Crippen LogP contribution in [0.2, 0.25) is 5.02 Å². The molecule has 3 rings (SSSR count). The lowest BCUT2D eigenvalue weighted by Gasteiger charge is -2.08. The van der Waals surface area contributed by atoms with Crippen molar-refractivity contribution in [2.24, 2.45) is 0 Å². The Labute approximate surface area is 185 Å². The molecular weight excluding hydrogens is 422 g/mol. The maximum Gasteiger partial charge on any atom is 0.229 e. The normalized spacial score (nSPS) is 10.7. The van der Waals surface area contributed by atoms with Crippen LogP contribution in [0.15, 0.2) is 42.9 Å². The van der Waals surface area contributed by atoms with Crippen LogP contribution in [0.3, 0.4) is 0 Å². The topological polar surface area (TPSA) is 92.9 Å². The average molecular weight is 444 g/mol. The molecule has 2 N–H and O–H groups in total. The SMILES string of the molecule is O=C(CC=S)Nc1cccc(CCc2nc(Cc3cnn(CCO)c3)ncc2Cl)c1. The standard InChI is InChI=1S/C21H22ClN5O2S/c22-18-13-23-20(11-16-12-24-27(14-16)7-8-28)26-19(18)5-4-15-2-1-3-17(10-15)25-21(29)6-9-30/h1-3,9-10,12-14,28H,4-8,11H2,(H,25,29). The molecule has 0 radical (unpaired) electrons. The maximum atomic E-state index is 11.7. The molecule has 0 aliphatic heterocycles. The second kappa shape index (κ2) is 10.9. The fourth-order valence-corrected chi connectivity index (χ4v) is 3.30. The third-order valence-electron chi connectivity index (χ3n) is 4.37. The number of nitrogens with zero attached hydrogens (tertiary/aromatic N) is 4. The fraction of sp³-hybridized carbons (Fsp3) is 0.286. The Kier molecular flexibility index (Phi) is 8.01. The monoisotopic (exact) mass is 443 g/mol. The summed E-state index contributed by atoms with van der Waals surface area (Å²) in [6.45, 7) is 0.498. The van der Waals surface area contributed by atoms with E-state index in [0.717, 1.165) is 28.9 Å². The highest BCUT2D eigenvalue weighted by molar-refractivity contribution is 7.79. The predicted octanol–water partition coefficient (Wildman–Crippen LogP) is 3.02. The number of benzene rings is 1. The summed E-state index contributed by atoms with van der Waals surface area (Å²) in [6, 6.07) is 7.68. The van der Waals surface area contributed by atoms with Gasteiger partial charge in [-0.2, -0.15) is 5.10 Å². The Hall–Kier alpha value is -2.68. The van der Waals surface area contributed by atoms with Gasteiger partial charge in [0.15, 0.2) is 0 Å². The van der Waals surface area contributed by atoms with Crippen molar-refractivity contribution in [3.63, 3.8) is 0 Å². The summed E-state index contributed by atoms with van der Waals surface area (Å²) in [7, 11) is 0. The first-order valence-electron chi connectivity index (χ1n) is 9.52. The number of hydrogen-bond acceptors (Lipinski definition) is 6. The van der Waals surface area contributed by atoms with Crippen LogP contribution in [0.4, 0.5) is 5.69 Å². The van der Waals surface area contributed by atoms with Gasteiger partial charge in [-0.1, -0.05) is 36.0 Å². The zero-order valence-corrected chi connectivity index (χ0v) is 17.9. The van der Waals surface area contributed by atoms with E-state index in [0.29, 0.717) is 30.2 Å². The number of hydrogen-bond donors (Lipinski definition) is 2. The van der Waals surface area contributed by atoms with Gasteiger partial charge in [0.1, 0.15) is 5.82 Å². The predicted molar refractivity (Wildman–Crippen MR) is 120 cm³/mol. The molecule has 156 valence electrons. The van der Waals surface area contributed by atoms with Gasteiger partial charge in [-0.3, -0.25) is 9.48 Å². The summed E-state index contributed by atoms with van der Waals surface area (Å²) in [4.78, 5) is 20.6. The molecule has 0 aliphatic carbocycles. The molecule has 1 aromatic carbocycles. The Bertz CT molecular complexity index is 1020. The summed E-state index contributed by atoms with van der Waals surface area (Å²) in [5.74, 6) is 0.534.